The van der Waals surface area contributed by atoms with E-state index in [1.807, 2.05) is 0 Å². The summed E-state index contributed by atoms with van der Waals surface area (Å²) in [4.78, 5) is 0. The second-order valence-corrected chi connectivity index (χ2v) is 8.31. The van der Waals surface area contributed by atoms with Crippen molar-refractivity contribution in [2.75, 3.05) is 31.8 Å². The van der Waals surface area contributed by atoms with Crippen molar-refractivity contribution in [1.29, 1.82) is 0 Å². The normalized spacial score (nSPS) is 23.7. The lowest BCUT2D eigenvalue weighted by Crippen LogP contribution is -2.44. The molecule has 1 aliphatic rings. The first-order valence-corrected chi connectivity index (χ1v) is 9.45. The van der Waals surface area contributed by atoms with E-state index in [4.69, 9.17) is 11.6 Å². The van der Waals surface area contributed by atoms with E-state index in [2.05, 4.69) is 19.2 Å². The highest BCUT2D eigenvalue weighted by atomic mass is 35.5. The second-order valence-electron chi connectivity index (χ2n) is 6.02. The van der Waals surface area contributed by atoms with Crippen LogP contribution >= 0.6 is 11.6 Å². The summed E-state index contributed by atoms with van der Waals surface area (Å²) in [5.41, 5.74) is 0. The molecular formula is C13H27ClN2O2S. The number of hydrogen-bond donors (Lipinski definition) is 1. The monoisotopic (exact) mass is 310 g/mol. The molecule has 0 aromatic carbocycles. The number of sulfonamides is 1. The standard InChI is InChI=1S/C13H27ClN2O2S/c1-11(2)7-13(8-14)15-9-12-5-4-6-16(10-12)19(3,17)18/h11-13,15H,4-10H2,1-3H3. The fourth-order valence-corrected chi connectivity index (χ4v) is 3.78. The minimum atomic E-state index is -3.04. The molecule has 0 spiro atoms. The third kappa shape index (κ3) is 6.43. The van der Waals surface area contributed by atoms with Gasteiger partial charge in [-0.05, 0) is 37.6 Å². The highest BCUT2D eigenvalue weighted by Crippen LogP contribution is 2.18. The lowest BCUT2D eigenvalue weighted by molar-refractivity contribution is 0.253. The highest BCUT2D eigenvalue weighted by Gasteiger charge is 2.26. The molecule has 2 atom stereocenters. The van der Waals surface area contributed by atoms with Crippen LogP contribution in [0.5, 0.6) is 0 Å². The molecule has 0 saturated carbocycles. The molecule has 1 saturated heterocycles. The predicted molar refractivity (Wildman–Crippen MR) is 81.1 cm³/mol. The van der Waals surface area contributed by atoms with Crippen LogP contribution in [0.4, 0.5) is 0 Å². The fourth-order valence-electron chi connectivity index (χ4n) is 2.60. The van der Waals surface area contributed by atoms with E-state index in [0.717, 1.165) is 25.8 Å². The van der Waals surface area contributed by atoms with Crippen molar-refractivity contribution in [2.45, 2.75) is 39.2 Å². The molecule has 0 aromatic heterocycles. The first-order chi connectivity index (χ1) is 8.82. The molecule has 1 N–H and O–H groups in total. The van der Waals surface area contributed by atoms with Crippen LogP contribution in [0.2, 0.25) is 0 Å². The van der Waals surface area contributed by atoms with Crippen LogP contribution in [0.15, 0.2) is 0 Å². The summed E-state index contributed by atoms with van der Waals surface area (Å²) in [6.07, 6.45) is 4.40. The molecule has 0 bridgehead atoms. The van der Waals surface area contributed by atoms with Crippen molar-refractivity contribution in [3.8, 4) is 0 Å². The van der Waals surface area contributed by atoms with Gasteiger partial charge in [-0.25, -0.2) is 12.7 Å². The zero-order valence-corrected chi connectivity index (χ0v) is 13.8. The molecule has 1 fully saturated rings. The van der Waals surface area contributed by atoms with Crippen molar-refractivity contribution in [3.63, 3.8) is 0 Å². The van der Waals surface area contributed by atoms with Gasteiger partial charge in [-0.15, -0.1) is 11.6 Å². The molecule has 2 unspecified atom stereocenters. The van der Waals surface area contributed by atoms with Crippen LogP contribution in [-0.2, 0) is 10.0 Å². The van der Waals surface area contributed by atoms with Gasteiger partial charge in [0.2, 0.25) is 10.0 Å². The van der Waals surface area contributed by atoms with Gasteiger partial charge in [0.25, 0.3) is 0 Å². The summed E-state index contributed by atoms with van der Waals surface area (Å²) in [5.74, 6) is 1.64. The van der Waals surface area contributed by atoms with E-state index in [1.165, 1.54) is 6.26 Å². The van der Waals surface area contributed by atoms with E-state index in [9.17, 15) is 8.42 Å². The Morgan fingerprint density at radius 1 is 1.42 bits per heavy atom. The number of rotatable bonds is 7. The van der Waals surface area contributed by atoms with Crippen LogP contribution in [0, 0.1) is 11.8 Å². The SMILES string of the molecule is CC(C)CC(CCl)NCC1CCCN(S(C)(=O)=O)C1. The van der Waals surface area contributed by atoms with Gasteiger partial charge in [0.1, 0.15) is 0 Å². The number of nitrogens with zero attached hydrogens (tertiary/aromatic N) is 1. The maximum absolute atomic E-state index is 11.6. The Morgan fingerprint density at radius 2 is 2.11 bits per heavy atom. The van der Waals surface area contributed by atoms with Gasteiger partial charge in [0, 0.05) is 25.0 Å². The number of halogens is 1. The van der Waals surface area contributed by atoms with E-state index < -0.39 is 10.0 Å². The summed E-state index contributed by atoms with van der Waals surface area (Å²) < 4.78 is 24.7. The predicted octanol–water partition coefficient (Wildman–Crippen LogP) is 1.90. The molecule has 19 heavy (non-hydrogen) atoms. The number of hydrogen-bond acceptors (Lipinski definition) is 3. The molecule has 4 nitrogen and oxygen atoms in total. The molecular weight excluding hydrogens is 284 g/mol. The van der Waals surface area contributed by atoms with Crippen LogP contribution in [0.1, 0.15) is 33.1 Å². The van der Waals surface area contributed by atoms with Gasteiger partial charge >= 0.3 is 0 Å². The summed E-state index contributed by atoms with van der Waals surface area (Å²) >= 11 is 5.96. The first-order valence-electron chi connectivity index (χ1n) is 7.07. The zero-order valence-electron chi connectivity index (χ0n) is 12.2. The molecule has 0 amide bonds. The van der Waals surface area contributed by atoms with Gasteiger partial charge < -0.3 is 5.32 Å². The Labute approximate surface area is 122 Å². The topological polar surface area (TPSA) is 49.4 Å². The minimum absolute atomic E-state index is 0.329. The van der Waals surface area contributed by atoms with Gasteiger partial charge in [0.15, 0.2) is 0 Å². The van der Waals surface area contributed by atoms with Crippen LogP contribution in [0.25, 0.3) is 0 Å². The number of nitrogens with one attached hydrogen (secondary N) is 1. The van der Waals surface area contributed by atoms with E-state index in [0.29, 0.717) is 36.8 Å². The fraction of sp³-hybridized carbons (Fsp3) is 1.00. The third-order valence-corrected chi connectivity index (χ3v) is 5.23. The molecule has 114 valence electrons. The zero-order chi connectivity index (χ0) is 14.5. The summed E-state index contributed by atoms with van der Waals surface area (Å²) in [5, 5.41) is 3.49. The molecule has 1 heterocycles. The lowest BCUT2D eigenvalue weighted by Gasteiger charge is -2.32. The van der Waals surface area contributed by atoms with Crippen LogP contribution in [-0.4, -0.2) is 50.5 Å². The Balaban J connectivity index is 2.40. The Hall–Kier alpha value is 0.160. The molecule has 0 aromatic rings. The summed E-state index contributed by atoms with van der Waals surface area (Å²) in [7, 11) is -3.04. The number of alkyl halides is 1. The maximum Gasteiger partial charge on any atom is 0.211 e. The average molecular weight is 311 g/mol. The third-order valence-electron chi connectivity index (χ3n) is 3.59. The number of piperidine rings is 1. The van der Waals surface area contributed by atoms with Crippen molar-refractivity contribution in [3.05, 3.63) is 0 Å². The molecule has 1 aliphatic heterocycles. The van der Waals surface area contributed by atoms with Gasteiger partial charge in [-0.1, -0.05) is 13.8 Å². The van der Waals surface area contributed by atoms with Gasteiger partial charge in [-0.2, -0.15) is 0 Å². The van der Waals surface area contributed by atoms with Crippen molar-refractivity contribution in [2.24, 2.45) is 11.8 Å². The van der Waals surface area contributed by atoms with E-state index >= 15 is 0 Å². The van der Waals surface area contributed by atoms with E-state index in [-0.39, 0.29) is 0 Å². The van der Waals surface area contributed by atoms with Crippen LogP contribution < -0.4 is 5.32 Å². The Kier molecular flexibility index (Phi) is 7.08. The largest absolute Gasteiger partial charge is 0.312 e. The molecule has 0 radical (unpaired) electrons. The summed E-state index contributed by atoms with van der Waals surface area (Å²) in [6.45, 7) is 6.54. The minimum Gasteiger partial charge on any atom is -0.312 e. The van der Waals surface area contributed by atoms with Crippen LogP contribution in [0.3, 0.4) is 0 Å². The molecule has 1 rings (SSSR count). The van der Waals surface area contributed by atoms with Gasteiger partial charge in [-0.3, -0.25) is 0 Å². The quantitative estimate of drug-likeness (QED) is 0.731. The van der Waals surface area contributed by atoms with Crippen molar-refractivity contribution < 1.29 is 8.42 Å². The Bertz CT molecular complexity index is 360. The summed E-state index contributed by atoms with van der Waals surface area (Å²) in [6, 6.07) is 0.329. The second kappa shape index (κ2) is 7.81. The average Bonchev–Trinajstić information content (AvgIpc) is 2.33. The van der Waals surface area contributed by atoms with Gasteiger partial charge in [0.05, 0.1) is 6.26 Å². The molecule has 0 aliphatic carbocycles. The van der Waals surface area contributed by atoms with E-state index in [1.54, 1.807) is 4.31 Å². The maximum atomic E-state index is 11.6. The Morgan fingerprint density at radius 3 is 2.63 bits per heavy atom. The first kappa shape index (κ1) is 17.2. The highest BCUT2D eigenvalue weighted by molar-refractivity contribution is 7.88. The van der Waals surface area contributed by atoms with Crippen molar-refractivity contribution >= 4 is 21.6 Å². The molecule has 6 heteroatoms. The smallest absolute Gasteiger partial charge is 0.211 e. The van der Waals surface area contributed by atoms with Crippen molar-refractivity contribution in [1.82, 2.24) is 9.62 Å². The lowest BCUT2D eigenvalue weighted by atomic mass is 9.98.